The molecule has 0 spiro atoms. The first-order chi connectivity index (χ1) is 9.04. The van der Waals surface area contributed by atoms with Gasteiger partial charge in [0, 0.05) is 20.1 Å². The van der Waals surface area contributed by atoms with Crippen molar-refractivity contribution in [2.24, 2.45) is 5.92 Å². The van der Waals surface area contributed by atoms with E-state index >= 15 is 0 Å². The summed E-state index contributed by atoms with van der Waals surface area (Å²) in [5, 5.41) is 3.18. The minimum Gasteiger partial charge on any atom is -0.369 e. The topological polar surface area (TPSA) is 58.1 Å². The largest absolute Gasteiger partial charge is 0.369 e. The fraction of sp³-hybridized carbons (Fsp3) is 0.643. The predicted octanol–water partition coefficient (Wildman–Crippen LogP) is 2.42. The van der Waals surface area contributed by atoms with Gasteiger partial charge in [0.25, 0.3) is 5.91 Å². The zero-order valence-corrected chi connectivity index (χ0v) is 12.3. The summed E-state index contributed by atoms with van der Waals surface area (Å²) in [5.41, 5.74) is 0.397. The number of aromatic nitrogens is 2. The number of hydrogen-bond donors (Lipinski definition) is 1. The molecule has 5 heteroatoms. The van der Waals surface area contributed by atoms with Gasteiger partial charge in [0.1, 0.15) is 11.5 Å². The lowest BCUT2D eigenvalue weighted by atomic mass is 10.2. The van der Waals surface area contributed by atoms with Crippen LogP contribution in [0.25, 0.3) is 0 Å². The second kappa shape index (κ2) is 7.71. The average Bonchev–Trinajstić information content (AvgIpc) is 2.42. The second-order valence-electron chi connectivity index (χ2n) is 5.14. The van der Waals surface area contributed by atoms with Crippen LogP contribution in [0.1, 0.15) is 44.1 Å². The Hall–Kier alpha value is -1.65. The molecule has 1 rings (SSSR count). The normalized spacial score (nSPS) is 10.6. The molecule has 1 aromatic heterocycles. The zero-order chi connectivity index (χ0) is 14.3. The number of carbonyl (C=O) groups is 1. The molecule has 0 radical (unpaired) electrons. The van der Waals surface area contributed by atoms with Crippen LogP contribution < -0.4 is 5.32 Å². The summed E-state index contributed by atoms with van der Waals surface area (Å²) in [7, 11) is 1.80. The van der Waals surface area contributed by atoms with Crippen LogP contribution >= 0.6 is 0 Å². The molecule has 0 bridgehead atoms. The van der Waals surface area contributed by atoms with E-state index in [0.29, 0.717) is 17.4 Å². The summed E-state index contributed by atoms with van der Waals surface area (Å²) in [5.74, 6) is 1.18. The molecule has 1 amide bonds. The highest BCUT2D eigenvalue weighted by molar-refractivity contribution is 5.91. The third kappa shape index (κ3) is 5.24. The van der Waals surface area contributed by atoms with Crippen LogP contribution in [0, 0.1) is 5.92 Å². The first-order valence-electron chi connectivity index (χ1n) is 6.86. The lowest BCUT2D eigenvalue weighted by molar-refractivity contribution is 0.0787. The Labute approximate surface area is 115 Å². The van der Waals surface area contributed by atoms with Gasteiger partial charge in [-0.3, -0.25) is 4.79 Å². The first kappa shape index (κ1) is 15.4. The van der Waals surface area contributed by atoms with Crippen LogP contribution in [0.15, 0.2) is 12.4 Å². The van der Waals surface area contributed by atoms with E-state index in [4.69, 9.17) is 0 Å². The Morgan fingerprint density at radius 2 is 2.11 bits per heavy atom. The fourth-order valence-electron chi connectivity index (χ4n) is 1.53. The summed E-state index contributed by atoms with van der Waals surface area (Å²) in [6.45, 7) is 7.96. The number of anilines is 1. The van der Waals surface area contributed by atoms with Crippen molar-refractivity contribution in [3.63, 3.8) is 0 Å². The van der Waals surface area contributed by atoms with Crippen molar-refractivity contribution in [1.82, 2.24) is 14.9 Å². The Morgan fingerprint density at radius 1 is 1.37 bits per heavy atom. The van der Waals surface area contributed by atoms with E-state index in [1.807, 2.05) is 0 Å². The van der Waals surface area contributed by atoms with E-state index < -0.39 is 0 Å². The molecule has 106 valence electrons. The molecule has 0 aliphatic heterocycles. The molecule has 0 saturated heterocycles. The molecule has 0 saturated carbocycles. The lowest BCUT2D eigenvalue weighted by Crippen LogP contribution is -2.28. The number of unbranched alkanes of at least 4 members (excludes halogenated alkanes) is 1. The summed E-state index contributed by atoms with van der Waals surface area (Å²) in [4.78, 5) is 22.1. The quantitative estimate of drug-likeness (QED) is 0.821. The Kier molecular flexibility index (Phi) is 6.25. The van der Waals surface area contributed by atoms with Gasteiger partial charge < -0.3 is 10.2 Å². The molecule has 5 nitrogen and oxygen atoms in total. The van der Waals surface area contributed by atoms with Crippen molar-refractivity contribution in [2.45, 2.75) is 33.6 Å². The van der Waals surface area contributed by atoms with Gasteiger partial charge in [-0.05, 0) is 12.3 Å². The number of amides is 1. The molecule has 0 aliphatic rings. The van der Waals surface area contributed by atoms with Gasteiger partial charge in [-0.15, -0.1) is 0 Å². The number of nitrogens with one attached hydrogen (secondary N) is 1. The van der Waals surface area contributed by atoms with Crippen molar-refractivity contribution in [3.8, 4) is 0 Å². The lowest BCUT2D eigenvalue weighted by Gasteiger charge is -2.16. The predicted molar refractivity (Wildman–Crippen MR) is 77.2 cm³/mol. The van der Waals surface area contributed by atoms with E-state index in [1.165, 1.54) is 6.20 Å². The van der Waals surface area contributed by atoms with Gasteiger partial charge >= 0.3 is 0 Å². The molecule has 0 unspecified atom stereocenters. The highest BCUT2D eigenvalue weighted by Gasteiger charge is 2.12. The van der Waals surface area contributed by atoms with E-state index in [0.717, 1.165) is 25.9 Å². The molecule has 1 heterocycles. The van der Waals surface area contributed by atoms with Gasteiger partial charge in [0.05, 0.1) is 12.4 Å². The van der Waals surface area contributed by atoms with Gasteiger partial charge in [-0.2, -0.15) is 0 Å². The van der Waals surface area contributed by atoms with E-state index in [9.17, 15) is 4.79 Å². The molecule has 19 heavy (non-hydrogen) atoms. The maximum atomic E-state index is 12.0. The Balaban J connectivity index is 2.57. The standard InChI is InChI=1S/C14H24N4O/c1-5-6-7-18(4)14(19)12-9-17-13(10-15-12)16-8-11(2)3/h9-11H,5-8H2,1-4H3,(H,16,17). The van der Waals surface area contributed by atoms with Gasteiger partial charge in [-0.1, -0.05) is 27.2 Å². The first-order valence-corrected chi connectivity index (χ1v) is 6.86. The van der Waals surface area contributed by atoms with Crippen LogP contribution in [-0.2, 0) is 0 Å². The van der Waals surface area contributed by atoms with E-state index in [2.05, 4.69) is 36.1 Å². The van der Waals surface area contributed by atoms with Gasteiger partial charge in [-0.25, -0.2) is 9.97 Å². The molecule has 0 atom stereocenters. The van der Waals surface area contributed by atoms with Crippen molar-refractivity contribution in [3.05, 3.63) is 18.1 Å². The highest BCUT2D eigenvalue weighted by atomic mass is 16.2. The second-order valence-corrected chi connectivity index (χ2v) is 5.14. The van der Waals surface area contributed by atoms with Crippen molar-refractivity contribution >= 4 is 11.7 Å². The van der Waals surface area contributed by atoms with Crippen LogP contribution in [0.2, 0.25) is 0 Å². The summed E-state index contributed by atoms with van der Waals surface area (Å²) < 4.78 is 0. The summed E-state index contributed by atoms with van der Waals surface area (Å²) in [6, 6.07) is 0. The van der Waals surface area contributed by atoms with Gasteiger partial charge in [0.2, 0.25) is 0 Å². The molecule has 1 aromatic rings. The fourth-order valence-corrected chi connectivity index (χ4v) is 1.53. The molecule has 0 aromatic carbocycles. The van der Waals surface area contributed by atoms with Crippen LogP contribution in [-0.4, -0.2) is 40.9 Å². The maximum Gasteiger partial charge on any atom is 0.273 e. The van der Waals surface area contributed by atoms with Crippen molar-refractivity contribution < 1.29 is 4.79 Å². The maximum absolute atomic E-state index is 12.0. The third-order valence-electron chi connectivity index (χ3n) is 2.76. The van der Waals surface area contributed by atoms with Gasteiger partial charge in [0.15, 0.2) is 0 Å². The molecule has 0 fully saturated rings. The number of carbonyl (C=O) groups excluding carboxylic acids is 1. The summed E-state index contributed by atoms with van der Waals surface area (Å²) in [6.07, 6.45) is 5.22. The van der Waals surface area contributed by atoms with Crippen molar-refractivity contribution in [1.29, 1.82) is 0 Å². The Morgan fingerprint density at radius 3 is 2.63 bits per heavy atom. The summed E-state index contributed by atoms with van der Waals surface area (Å²) >= 11 is 0. The highest BCUT2D eigenvalue weighted by Crippen LogP contribution is 2.05. The zero-order valence-electron chi connectivity index (χ0n) is 12.3. The van der Waals surface area contributed by atoms with Crippen LogP contribution in [0.3, 0.4) is 0 Å². The number of hydrogen-bond acceptors (Lipinski definition) is 4. The van der Waals surface area contributed by atoms with Crippen molar-refractivity contribution in [2.75, 3.05) is 25.5 Å². The molecule has 0 aliphatic carbocycles. The average molecular weight is 264 g/mol. The van der Waals surface area contributed by atoms with Crippen LogP contribution in [0.4, 0.5) is 5.82 Å². The third-order valence-corrected chi connectivity index (χ3v) is 2.76. The molecule has 1 N–H and O–H groups in total. The molecular formula is C14H24N4O. The smallest absolute Gasteiger partial charge is 0.273 e. The molecular weight excluding hydrogens is 240 g/mol. The van der Waals surface area contributed by atoms with E-state index in [-0.39, 0.29) is 5.91 Å². The number of rotatable bonds is 7. The van der Waals surface area contributed by atoms with E-state index in [1.54, 1.807) is 18.1 Å². The SMILES string of the molecule is CCCCN(C)C(=O)c1cnc(NCC(C)C)cn1. The van der Waals surface area contributed by atoms with Crippen LogP contribution in [0.5, 0.6) is 0 Å². The Bertz CT molecular complexity index is 389. The minimum absolute atomic E-state index is 0.0728. The number of nitrogens with zero attached hydrogens (tertiary/aromatic N) is 3. The minimum atomic E-state index is -0.0728. The monoisotopic (exact) mass is 264 g/mol.